The molecule has 0 aliphatic rings. The Balaban J connectivity index is 2.30. The lowest BCUT2D eigenvalue weighted by Gasteiger charge is -2.31. The Morgan fingerprint density at radius 3 is 2.50 bits per heavy atom. The molecule has 1 N–H and O–H groups in total. The van der Waals surface area contributed by atoms with Crippen molar-refractivity contribution in [1.82, 2.24) is 10.2 Å². The van der Waals surface area contributed by atoms with Gasteiger partial charge in [-0.2, -0.15) is 0 Å². The molecular weight excluding hydrogens is 383 g/mol. The summed E-state index contributed by atoms with van der Waals surface area (Å²) in [5.74, 6) is 0.0497. The molecule has 2 aromatic rings. The number of hydrogen-bond donors (Lipinski definition) is 1. The molecule has 0 fully saturated rings. The van der Waals surface area contributed by atoms with E-state index in [-0.39, 0.29) is 24.8 Å². The zero-order valence-corrected chi connectivity index (χ0v) is 18.2. The summed E-state index contributed by atoms with van der Waals surface area (Å²) in [5, 5.41) is 2.92. The van der Waals surface area contributed by atoms with E-state index in [2.05, 4.69) is 5.32 Å². The van der Waals surface area contributed by atoms with Crippen molar-refractivity contribution in [3.63, 3.8) is 0 Å². The van der Waals surface area contributed by atoms with Crippen LogP contribution >= 0.6 is 0 Å². The van der Waals surface area contributed by atoms with Gasteiger partial charge in [0.1, 0.15) is 17.6 Å². The normalized spacial score (nSPS) is 11.8. The van der Waals surface area contributed by atoms with Gasteiger partial charge in [0.2, 0.25) is 11.8 Å². The summed E-state index contributed by atoms with van der Waals surface area (Å²) in [4.78, 5) is 27.6. The Kier molecular flexibility index (Phi) is 8.84. The summed E-state index contributed by atoms with van der Waals surface area (Å²) < 4.78 is 19.4. The third-order valence-corrected chi connectivity index (χ3v) is 4.86. The van der Waals surface area contributed by atoms with Gasteiger partial charge in [0.15, 0.2) is 0 Å². The van der Waals surface area contributed by atoms with Crippen molar-refractivity contribution in [1.29, 1.82) is 0 Å². The Morgan fingerprint density at radius 2 is 1.87 bits per heavy atom. The Morgan fingerprint density at radius 1 is 1.13 bits per heavy atom. The minimum atomic E-state index is -0.644. The van der Waals surface area contributed by atoms with E-state index < -0.39 is 11.9 Å². The summed E-state index contributed by atoms with van der Waals surface area (Å²) in [6.45, 7) is 6.66. The average Bonchev–Trinajstić information content (AvgIpc) is 2.73. The molecule has 0 saturated carbocycles. The van der Waals surface area contributed by atoms with Crippen LogP contribution in [0.25, 0.3) is 0 Å². The molecule has 0 saturated heterocycles. The van der Waals surface area contributed by atoms with Crippen LogP contribution in [-0.2, 0) is 22.6 Å². The number of nitrogens with zero attached hydrogens (tertiary/aromatic N) is 1. The van der Waals surface area contributed by atoms with Gasteiger partial charge in [0, 0.05) is 13.1 Å². The van der Waals surface area contributed by atoms with E-state index in [0.29, 0.717) is 30.2 Å². The van der Waals surface area contributed by atoms with Crippen molar-refractivity contribution in [2.24, 2.45) is 5.92 Å². The molecule has 0 aromatic heterocycles. The molecule has 0 radical (unpaired) electrons. The average molecular weight is 415 g/mol. The monoisotopic (exact) mass is 414 g/mol. The number of nitrogens with one attached hydrogen (secondary N) is 1. The van der Waals surface area contributed by atoms with Gasteiger partial charge in [-0.05, 0) is 41.7 Å². The maximum atomic E-state index is 14.1. The lowest BCUT2D eigenvalue weighted by molar-refractivity contribution is -0.141. The van der Waals surface area contributed by atoms with Crippen LogP contribution < -0.4 is 10.1 Å². The third kappa shape index (κ3) is 6.58. The van der Waals surface area contributed by atoms with Crippen molar-refractivity contribution >= 4 is 11.8 Å². The van der Waals surface area contributed by atoms with Gasteiger partial charge in [-0.1, -0.05) is 51.1 Å². The maximum absolute atomic E-state index is 14.1. The number of carbonyl (C=O) groups excluding carboxylic acids is 2. The summed E-state index contributed by atoms with van der Waals surface area (Å²) in [6, 6.07) is 12.9. The van der Waals surface area contributed by atoms with Crippen molar-refractivity contribution in [2.45, 2.75) is 46.2 Å². The number of ether oxygens (including phenoxy) is 1. The SMILES string of the molecule is CC[C@H](C(=O)NCC(C)C)N(Cc1cccc(OC)c1)C(=O)Cc1ccccc1F. The largest absolute Gasteiger partial charge is 0.497 e. The van der Waals surface area contributed by atoms with Crippen molar-refractivity contribution in [2.75, 3.05) is 13.7 Å². The zero-order chi connectivity index (χ0) is 22.1. The topological polar surface area (TPSA) is 58.6 Å². The first kappa shape index (κ1) is 23.4. The van der Waals surface area contributed by atoms with Gasteiger partial charge < -0.3 is 15.0 Å². The molecule has 2 aromatic carbocycles. The quantitative estimate of drug-likeness (QED) is 0.640. The van der Waals surface area contributed by atoms with Crippen LogP contribution in [0.3, 0.4) is 0 Å². The highest BCUT2D eigenvalue weighted by molar-refractivity contribution is 5.88. The van der Waals surface area contributed by atoms with Crippen LogP contribution in [0.4, 0.5) is 4.39 Å². The third-order valence-electron chi connectivity index (χ3n) is 4.86. The van der Waals surface area contributed by atoms with Crippen LogP contribution in [0.2, 0.25) is 0 Å². The number of benzene rings is 2. The molecule has 0 aliphatic carbocycles. The fourth-order valence-corrected chi connectivity index (χ4v) is 3.22. The Labute approximate surface area is 178 Å². The molecule has 162 valence electrons. The van der Waals surface area contributed by atoms with Gasteiger partial charge in [0.25, 0.3) is 0 Å². The smallest absolute Gasteiger partial charge is 0.242 e. The molecule has 0 bridgehead atoms. The second-order valence-corrected chi connectivity index (χ2v) is 7.70. The molecule has 0 unspecified atom stereocenters. The highest BCUT2D eigenvalue weighted by atomic mass is 19.1. The predicted octanol–water partition coefficient (Wildman–Crippen LogP) is 3.96. The maximum Gasteiger partial charge on any atom is 0.242 e. The first-order valence-electron chi connectivity index (χ1n) is 10.3. The van der Waals surface area contributed by atoms with Crippen molar-refractivity contribution in [3.8, 4) is 5.75 Å². The molecule has 6 heteroatoms. The first-order valence-corrected chi connectivity index (χ1v) is 10.3. The van der Waals surface area contributed by atoms with Crippen LogP contribution in [0.15, 0.2) is 48.5 Å². The Bertz CT molecular complexity index is 854. The highest BCUT2D eigenvalue weighted by Gasteiger charge is 2.29. The van der Waals surface area contributed by atoms with E-state index in [9.17, 15) is 14.0 Å². The number of rotatable bonds is 10. The summed E-state index contributed by atoms with van der Waals surface area (Å²) in [6.07, 6.45) is 0.349. The van der Waals surface area contributed by atoms with E-state index in [0.717, 1.165) is 5.56 Å². The van der Waals surface area contributed by atoms with Gasteiger partial charge >= 0.3 is 0 Å². The molecule has 5 nitrogen and oxygen atoms in total. The van der Waals surface area contributed by atoms with Gasteiger partial charge in [-0.15, -0.1) is 0 Å². The fourth-order valence-electron chi connectivity index (χ4n) is 3.22. The van der Waals surface area contributed by atoms with Crippen LogP contribution in [-0.4, -0.2) is 36.4 Å². The molecule has 0 aliphatic heterocycles. The molecule has 0 spiro atoms. The molecule has 2 amide bonds. The van der Waals surface area contributed by atoms with Crippen LogP contribution in [0.1, 0.15) is 38.3 Å². The number of amides is 2. The van der Waals surface area contributed by atoms with E-state index in [1.165, 1.54) is 11.0 Å². The zero-order valence-electron chi connectivity index (χ0n) is 18.2. The number of halogens is 1. The highest BCUT2D eigenvalue weighted by Crippen LogP contribution is 2.19. The van der Waals surface area contributed by atoms with E-state index >= 15 is 0 Å². The fraction of sp³-hybridized carbons (Fsp3) is 0.417. The Hall–Kier alpha value is -2.89. The summed E-state index contributed by atoms with van der Waals surface area (Å²) in [5.41, 5.74) is 1.15. The number of carbonyl (C=O) groups is 2. The van der Waals surface area contributed by atoms with Gasteiger partial charge in [-0.3, -0.25) is 9.59 Å². The summed E-state index contributed by atoms with van der Waals surface area (Å²) >= 11 is 0. The minimum absolute atomic E-state index is 0.107. The van der Waals surface area contributed by atoms with Crippen molar-refractivity contribution in [3.05, 3.63) is 65.5 Å². The van der Waals surface area contributed by atoms with E-state index in [4.69, 9.17) is 4.74 Å². The number of hydrogen-bond acceptors (Lipinski definition) is 3. The standard InChI is InChI=1S/C24H31FN2O3/c1-5-22(24(29)26-15-17(2)3)27(16-18-9-8-11-20(13-18)30-4)23(28)14-19-10-6-7-12-21(19)25/h6-13,17,22H,5,14-16H2,1-4H3,(H,26,29)/t22-/m1/s1. The predicted molar refractivity (Wildman–Crippen MR) is 116 cm³/mol. The van der Waals surface area contributed by atoms with Gasteiger partial charge in [0.05, 0.1) is 13.5 Å². The second kappa shape index (κ2) is 11.3. The molecule has 1 atom stereocenters. The second-order valence-electron chi connectivity index (χ2n) is 7.70. The lowest BCUT2D eigenvalue weighted by Crippen LogP contribution is -2.50. The van der Waals surface area contributed by atoms with Crippen LogP contribution in [0, 0.1) is 11.7 Å². The van der Waals surface area contributed by atoms with E-state index in [1.807, 2.05) is 45.0 Å². The van der Waals surface area contributed by atoms with Crippen LogP contribution in [0.5, 0.6) is 5.75 Å². The minimum Gasteiger partial charge on any atom is -0.497 e. The molecule has 30 heavy (non-hydrogen) atoms. The molecule has 0 heterocycles. The summed E-state index contributed by atoms with van der Waals surface area (Å²) in [7, 11) is 1.58. The number of methoxy groups -OCH3 is 1. The van der Waals surface area contributed by atoms with Crippen molar-refractivity contribution < 1.29 is 18.7 Å². The molecular formula is C24H31FN2O3. The first-order chi connectivity index (χ1) is 14.3. The van der Waals surface area contributed by atoms with E-state index in [1.54, 1.807) is 25.3 Å². The lowest BCUT2D eigenvalue weighted by atomic mass is 10.1. The van der Waals surface area contributed by atoms with Gasteiger partial charge in [-0.25, -0.2) is 4.39 Å². The molecule has 2 rings (SSSR count).